The fraction of sp³-hybridized carbons (Fsp3) is 0.158. The Balaban J connectivity index is 1.44. The molecule has 0 aliphatic heterocycles. The molecule has 11 heteroatoms. The van der Waals surface area contributed by atoms with E-state index in [1.807, 2.05) is 31.2 Å². The Kier molecular flexibility index (Phi) is 5.61. The van der Waals surface area contributed by atoms with E-state index in [0.717, 1.165) is 11.1 Å². The highest BCUT2D eigenvalue weighted by Crippen LogP contribution is 2.27. The Morgan fingerprint density at radius 3 is 2.63 bits per heavy atom. The van der Waals surface area contributed by atoms with Gasteiger partial charge in [-0.3, -0.25) is 0 Å². The number of alkyl halides is 2. The first kappa shape index (κ1) is 19.8. The Hall–Kier alpha value is -3.47. The van der Waals surface area contributed by atoms with Crippen LogP contribution in [0.2, 0.25) is 0 Å². The zero-order valence-electron chi connectivity index (χ0n) is 15.7. The lowest BCUT2D eigenvalue weighted by atomic mass is 10.1. The van der Waals surface area contributed by atoms with Crippen LogP contribution in [0.15, 0.2) is 58.2 Å². The normalized spacial score (nSPS) is 11.2. The number of ether oxygens (including phenoxy) is 1. The van der Waals surface area contributed by atoms with Crippen LogP contribution in [0.1, 0.15) is 11.5 Å². The summed E-state index contributed by atoms with van der Waals surface area (Å²) in [6.45, 7) is -0.905. The molecule has 0 saturated carbocycles. The van der Waals surface area contributed by atoms with Crippen LogP contribution in [0, 0.1) is 6.92 Å². The predicted octanol–water partition coefficient (Wildman–Crippen LogP) is 3.91. The van der Waals surface area contributed by atoms with Crippen LogP contribution in [0.5, 0.6) is 5.75 Å². The van der Waals surface area contributed by atoms with Crippen LogP contribution in [0.25, 0.3) is 22.8 Å². The molecular weight excluding hydrogens is 414 g/mol. The number of hydrogen-bond donors (Lipinski definition) is 1. The summed E-state index contributed by atoms with van der Waals surface area (Å²) in [4.78, 5) is 4.41. The van der Waals surface area contributed by atoms with Crippen molar-refractivity contribution in [1.29, 1.82) is 0 Å². The highest BCUT2D eigenvalue weighted by Gasteiger charge is 2.16. The van der Waals surface area contributed by atoms with Gasteiger partial charge in [0.2, 0.25) is 16.9 Å². The number of thioether (sulfide) groups is 1. The summed E-state index contributed by atoms with van der Waals surface area (Å²) < 4.78 is 35.5. The van der Waals surface area contributed by atoms with Crippen molar-refractivity contribution in [1.82, 2.24) is 25.0 Å². The third-order valence-electron chi connectivity index (χ3n) is 4.18. The molecule has 0 fully saturated rings. The Labute approximate surface area is 174 Å². The van der Waals surface area contributed by atoms with E-state index in [1.54, 1.807) is 12.1 Å². The molecule has 2 aromatic heterocycles. The second kappa shape index (κ2) is 8.49. The minimum absolute atomic E-state index is 0.0484. The van der Waals surface area contributed by atoms with Gasteiger partial charge in [-0.05, 0) is 36.8 Å². The number of halogens is 2. The molecule has 4 rings (SSSR count). The molecule has 2 N–H and O–H groups in total. The number of nitrogens with zero attached hydrogens (tertiary/aromatic N) is 5. The highest BCUT2D eigenvalue weighted by atomic mass is 32.2. The van der Waals surface area contributed by atoms with Gasteiger partial charge in [0, 0.05) is 11.1 Å². The van der Waals surface area contributed by atoms with Gasteiger partial charge in [-0.15, -0.1) is 10.2 Å². The van der Waals surface area contributed by atoms with E-state index >= 15 is 0 Å². The zero-order chi connectivity index (χ0) is 21.1. The first-order valence-electron chi connectivity index (χ1n) is 8.78. The molecule has 0 radical (unpaired) electrons. The molecule has 154 valence electrons. The topological polar surface area (TPSA) is 105 Å². The van der Waals surface area contributed by atoms with Gasteiger partial charge < -0.3 is 15.1 Å². The second-order valence-electron chi connectivity index (χ2n) is 6.19. The molecule has 0 atom stereocenters. The third kappa shape index (κ3) is 4.25. The average molecular weight is 430 g/mol. The molecule has 0 unspecified atom stereocenters. The summed E-state index contributed by atoms with van der Waals surface area (Å²) >= 11 is 1.28. The predicted molar refractivity (Wildman–Crippen MR) is 106 cm³/mol. The van der Waals surface area contributed by atoms with Crippen molar-refractivity contribution in [2.24, 2.45) is 0 Å². The van der Waals surface area contributed by atoms with Crippen LogP contribution >= 0.6 is 11.8 Å². The number of aryl methyl sites for hydroxylation is 1. The SMILES string of the molecule is Cc1ccccc1-c1noc(CSc2nnc(-c3ccc(OC(F)F)cc3)n2N)n1. The lowest BCUT2D eigenvalue weighted by molar-refractivity contribution is -0.0498. The summed E-state index contributed by atoms with van der Waals surface area (Å²) in [6, 6.07) is 13.7. The summed E-state index contributed by atoms with van der Waals surface area (Å²) in [5.41, 5.74) is 2.56. The maximum Gasteiger partial charge on any atom is 0.387 e. The number of rotatable bonds is 7. The van der Waals surface area contributed by atoms with Gasteiger partial charge in [0.25, 0.3) is 0 Å². The minimum atomic E-state index is -2.88. The number of hydrogen-bond acceptors (Lipinski definition) is 8. The Morgan fingerprint density at radius 2 is 1.90 bits per heavy atom. The van der Waals surface area contributed by atoms with E-state index in [0.29, 0.717) is 34.0 Å². The zero-order valence-corrected chi connectivity index (χ0v) is 16.5. The van der Waals surface area contributed by atoms with E-state index in [-0.39, 0.29) is 5.75 Å². The minimum Gasteiger partial charge on any atom is -0.435 e. The molecule has 8 nitrogen and oxygen atoms in total. The summed E-state index contributed by atoms with van der Waals surface area (Å²) in [6.07, 6.45) is 0. The van der Waals surface area contributed by atoms with Crippen molar-refractivity contribution >= 4 is 11.8 Å². The van der Waals surface area contributed by atoms with Gasteiger partial charge in [-0.2, -0.15) is 13.8 Å². The molecule has 4 aromatic rings. The van der Waals surface area contributed by atoms with E-state index < -0.39 is 6.61 Å². The number of nitrogens with two attached hydrogens (primary N) is 1. The molecule has 0 aliphatic rings. The molecule has 0 spiro atoms. The molecule has 0 aliphatic carbocycles. The van der Waals surface area contributed by atoms with E-state index in [4.69, 9.17) is 10.4 Å². The van der Waals surface area contributed by atoms with Crippen molar-refractivity contribution in [2.45, 2.75) is 24.4 Å². The monoisotopic (exact) mass is 430 g/mol. The number of aromatic nitrogens is 5. The van der Waals surface area contributed by atoms with Gasteiger partial charge in [0.05, 0.1) is 5.75 Å². The van der Waals surface area contributed by atoms with Gasteiger partial charge in [-0.1, -0.05) is 41.2 Å². The summed E-state index contributed by atoms with van der Waals surface area (Å²) in [7, 11) is 0. The largest absolute Gasteiger partial charge is 0.435 e. The average Bonchev–Trinajstić information content (AvgIpc) is 3.34. The molecule has 30 heavy (non-hydrogen) atoms. The highest BCUT2D eigenvalue weighted by molar-refractivity contribution is 7.98. The van der Waals surface area contributed by atoms with Crippen molar-refractivity contribution in [2.75, 3.05) is 5.84 Å². The summed E-state index contributed by atoms with van der Waals surface area (Å²) in [5.74, 6) is 7.82. The van der Waals surface area contributed by atoms with Crippen LogP contribution in [0.4, 0.5) is 8.78 Å². The molecule has 0 saturated heterocycles. The summed E-state index contributed by atoms with van der Waals surface area (Å²) in [5, 5.41) is 12.6. The van der Waals surface area contributed by atoms with Crippen LogP contribution in [0.3, 0.4) is 0 Å². The maximum absolute atomic E-state index is 12.3. The van der Waals surface area contributed by atoms with Crippen molar-refractivity contribution in [3.63, 3.8) is 0 Å². The lowest BCUT2D eigenvalue weighted by Crippen LogP contribution is -2.11. The maximum atomic E-state index is 12.3. The molecule has 0 amide bonds. The first-order chi connectivity index (χ1) is 14.5. The fourth-order valence-electron chi connectivity index (χ4n) is 2.73. The van der Waals surface area contributed by atoms with Gasteiger partial charge in [0.1, 0.15) is 5.75 Å². The third-order valence-corrected chi connectivity index (χ3v) is 5.11. The second-order valence-corrected chi connectivity index (χ2v) is 7.14. The molecule has 0 bridgehead atoms. The van der Waals surface area contributed by atoms with Gasteiger partial charge in [-0.25, -0.2) is 4.68 Å². The quantitative estimate of drug-likeness (QED) is 0.348. The Morgan fingerprint density at radius 1 is 1.13 bits per heavy atom. The molecule has 2 aromatic carbocycles. The van der Waals surface area contributed by atoms with Crippen LogP contribution in [-0.2, 0) is 5.75 Å². The number of benzene rings is 2. The van der Waals surface area contributed by atoms with Crippen LogP contribution < -0.4 is 10.6 Å². The number of nitrogen functional groups attached to an aromatic ring is 1. The van der Waals surface area contributed by atoms with Crippen LogP contribution in [-0.4, -0.2) is 31.6 Å². The molecule has 2 heterocycles. The smallest absolute Gasteiger partial charge is 0.387 e. The van der Waals surface area contributed by atoms with Gasteiger partial charge >= 0.3 is 6.61 Å². The Bertz CT molecular complexity index is 1150. The van der Waals surface area contributed by atoms with Crippen molar-refractivity contribution < 1.29 is 18.0 Å². The van der Waals surface area contributed by atoms with Gasteiger partial charge in [0.15, 0.2) is 5.82 Å². The van der Waals surface area contributed by atoms with Crippen molar-refractivity contribution in [3.05, 3.63) is 60.0 Å². The molecular formula is C19H16F2N6O2S. The standard InChI is InChI=1S/C19H16F2N6O2S/c1-11-4-2-3-5-14(11)16-23-15(29-26-16)10-30-19-25-24-17(27(19)22)12-6-8-13(9-7-12)28-18(20)21/h2-9,18H,10,22H2,1H3. The van der Waals surface area contributed by atoms with E-state index in [9.17, 15) is 8.78 Å². The van der Waals surface area contributed by atoms with E-state index in [2.05, 4.69) is 25.1 Å². The lowest BCUT2D eigenvalue weighted by Gasteiger charge is -2.06. The van der Waals surface area contributed by atoms with E-state index in [1.165, 1.54) is 28.6 Å². The fourth-order valence-corrected chi connectivity index (χ4v) is 3.42. The van der Waals surface area contributed by atoms with Crippen molar-refractivity contribution in [3.8, 4) is 28.5 Å². The first-order valence-corrected chi connectivity index (χ1v) is 9.77.